The summed E-state index contributed by atoms with van der Waals surface area (Å²) in [5.41, 5.74) is 2.47. The standard InChI is InChI=1S/C11H22N6/c1-3-17(4-2)7-5-6-14-10-8-13-9-11(15-10)16-12/h8-9H,3-7,12H2,1-2H3,(H2,14,15,16). The maximum absolute atomic E-state index is 5.26. The summed E-state index contributed by atoms with van der Waals surface area (Å²) in [6.07, 6.45) is 4.36. The van der Waals surface area contributed by atoms with Crippen molar-refractivity contribution >= 4 is 11.6 Å². The van der Waals surface area contributed by atoms with Gasteiger partial charge in [-0.05, 0) is 26.1 Å². The molecule has 0 amide bonds. The average Bonchev–Trinajstić information content (AvgIpc) is 2.39. The molecule has 4 N–H and O–H groups in total. The minimum Gasteiger partial charge on any atom is -0.369 e. The van der Waals surface area contributed by atoms with Crippen LogP contribution in [0.1, 0.15) is 20.3 Å². The lowest BCUT2D eigenvalue weighted by Crippen LogP contribution is -2.25. The number of nitrogens with one attached hydrogen (secondary N) is 2. The van der Waals surface area contributed by atoms with E-state index in [2.05, 4.69) is 39.5 Å². The fraction of sp³-hybridized carbons (Fsp3) is 0.636. The van der Waals surface area contributed by atoms with E-state index < -0.39 is 0 Å². The van der Waals surface area contributed by atoms with Crippen LogP contribution >= 0.6 is 0 Å². The molecular weight excluding hydrogens is 216 g/mol. The molecule has 0 aliphatic carbocycles. The van der Waals surface area contributed by atoms with E-state index in [1.807, 2.05) is 0 Å². The Morgan fingerprint density at radius 2 is 1.94 bits per heavy atom. The van der Waals surface area contributed by atoms with Crippen molar-refractivity contribution in [1.82, 2.24) is 14.9 Å². The zero-order valence-electron chi connectivity index (χ0n) is 10.6. The molecule has 0 aliphatic rings. The SMILES string of the molecule is CCN(CC)CCCNc1cncc(NN)n1. The molecule has 1 aromatic heterocycles. The van der Waals surface area contributed by atoms with Gasteiger partial charge in [0.15, 0.2) is 5.82 Å². The van der Waals surface area contributed by atoms with Crippen LogP contribution in [-0.2, 0) is 0 Å². The molecule has 0 unspecified atom stereocenters. The van der Waals surface area contributed by atoms with E-state index in [1.54, 1.807) is 12.4 Å². The number of aromatic nitrogens is 2. The van der Waals surface area contributed by atoms with Crippen LogP contribution in [-0.4, -0.2) is 41.0 Å². The lowest BCUT2D eigenvalue weighted by atomic mass is 10.3. The van der Waals surface area contributed by atoms with Crippen LogP contribution in [0.5, 0.6) is 0 Å². The lowest BCUT2D eigenvalue weighted by molar-refractivity contribution is 0.303. The van der Waals surface area contributed by atoms with Crippen LogP contribution < -0.4 is 16.6 Å². The summed E-state index contributed by atoms with van der Waals surface area (Å²) < 4.78 is 0. The van der Waals surface area contributed by atoms with Crippen molar-refractivity contribution in [3.8, 4) is 0 Å². The van der Waals surface area contributed by atoms with Crippen molar-refractivity contribution in [1.29, 1.82) is 0 Å². The van der Waals surface area contributed by atoms with E-state index in [1.165, 1.54) is 0 Å². The van der Waals surface area contributed by atoms with Crippen LogP contribution in [0, 0.1) is 0 Å². The predicted molar refractivity (Wildman–Crippen MR) is 70.7 cm³/mol. The van der Waals surface area contributed by atoms with E-state index in [0.29, 0.717) is 5.82 Å². The zero-order valence-corrected chi connectivity index (χ0v) is 10.6. The molecule has 0 fully saturated rings. The highest BCUT2D eigenvalue weighted by molar-refractivity contribution is 5.40. The second-order valence-electron chi connectivity index (χ2n) is 3.74. The Hall–Kier alpha value is -1.40. The second kappa shape index (κ2) is 7.81. The van der Waals surface area contributed by atoms with E-state index in [0.717, 1.165) is 38.4 Å². The first-order chi connectivity index (χ1) is 8.30. The smallest absolute Gasteiger partial charge is 0.160 e. The molecule has 6 nitrogen and oxygen atoms in total. The number of nitrogens with two attached hydrogens (primary N) is 1. The largest absolute Gasteiger partial charge is 0.369 e. The second-order valence-corrected chi connectivity index (χ2v) is 3.74. The number of nitrogens with zero attached hydrogens (tertiary/aromatic N) is 3. The van der Waals surface area contributed by atoms with Crippen molar-refractivity contribution in [2.75, 3.05) is 36.9 Å². The Labute approximate surface area is 103 Å². The van der Waals surface area contributed by atoms with Gasteiger partial charge in [0.2, 0.25) is 0 Å². The number of rotatable bonds is 8. The molecule has 96 valence electrons. The Morgan fingerprint density at radius 3 is 2.59 bits per heavy atom. The molecule has 1 heterocycles. The Bertz CT molecular complexity index is 313. The maximum atomic E-state index is 5.26. The number of anilines is 2. The molecule has 0 saturated heterocycles. The number of hydrogen-bond acceptors (Lipinski definition) is 6. The van der Waals surface area contributed by atoms with Crippen molar-refractivity contribution in [3.63, 3.8) is 0 Å². The van der Waals surface area contributed by atoms with Gasteiger partial charge < -0.3 is 15.6 Å². The van der Waals surface area contributed by atoms with E-state index in [9.17, 15) is 0 Å². The van der Waals surface area contributed by atoms with Gasteiger partial charge in [-0.1, -0.05) is 13.8 Å². The predicted octanol–water partition coefficient (Wildman–Crippen LogP) is 0.906. The van der Waals surface area contributed by atoms with E-state index >= 15 is 0 Å². The van der Waals surface area contributed by atoms with E-state index in [4.69, 9.17) is 5.84 Å². The van der Waals surface area contributed by atoms with Gasteiger partial charge in [0.1, 0.15) is 5.82 Å². The minimum absolute atomic E-state index is 0.568. The molecule has 0 aromatic carbocycles. The Morgan fingerprint density at radius 1 is 1.24 bits per heavy atom. The Balaban J connectivity index is 2.26. The van der Waals surface area contributed by atoms with Crippen LogP contribution in [0.4, 0.5) is 11.6 Å². The van der Waals surface area contributed by atoms with E-state index in [-0.39, 0.29) is 0 Å². The Kier molecular flexibility index (Phi) is 6.27. The van der Waals surface area contributed by atoms with Crippen LogP contribution in [0.2, 0.25) is 0 Å². The molecule has 0 bridgehead atoms. The minimum atomic E-state index is 0.568. The number of hydrazine groups is 1. The third kappa shape index (κ3) is 4.97. The van der Waals surface area contributed by atoms with Gasteiger partial charge in [-0.15, -0.1) is 0 Å². The molecule has 1 rings (SSSR count). The van der Waals surface area contributed by atoms with Gasteiger partial charge in [-0.3, -0.25) is 4.98 Å². The summed E-state index contributed by atoms with van der Waals surface area (Å²) in [4.78, 5) is 10.6. The summed E-state index contributed by atoms with van der Waals surface area (Å²) in [6, 6.07) is 0. The van der Waals surface area contributed by atoms with Crippen molar-refractivity contribution in [3.05, 3.63) is 12.4 Å². The highest BCUT2D eigenvalue weighted by atomic mass is 15.3. The summed E-state index contributed by atoms with van der Waals surface area (Å²) in [5, 5.41) is 3.23. The topological polar surface area (TPSA) is 79.1 Å². The summed E-state index contributed by atoms with van der Waals surface area (Å²) in [5.74, 6) is 6.58. The normalized spacial score (nSPS) is 10.6. The van der Waals surface area contributed by atoms with Gasteiger partial charge in [-0.2, -0.15) is 0 Å². The molecule has 0 saturated carbocycles. The first kappa shape index (κ1) is 13.7. The number of nitrogen functional groups attached to an aromatic ring is 1. The third-order valence-corrected chi connectivity index (χ3v) is 2.63. The van der Waals surface area contributed by atoms with Gasteiger partial charge in [0.25, 0.3) is 0 Å². The third-order valence-electron chi connectivity index (χ3n) is 2.63. The molecule has 1 aromatic rings. The first-order valence-electron chi connectivity index (χ1n) is 6.05. The monoisotopic (exact) mass is 238 g/mol. The molecule has 6 heteroatoms. The van der Waals surface area contributed by atoms with Crippen LogP contribution in [0.25, 0.3) is 0 Å². The van der Waals surface area contributed by atoms with Gasteiger partial charge in [0.05, 0.1) is 12.4 Å². The lowest BCUT2D eigenvalue weighted by Gasteiger charge is -2.17. The molecule has 0 spiro atoms. The highest BCUT2D eigenvalue weighted by Crippen LogP contribution is 2.04. The molecule has 0 atom stereocenters. The van der Waals surface area contributed by atoms with Crippen LogP contribution in [0.15, 0.2) is 12.4 Å². The highest BCUT2D eigenvalue weighted by Gasteiger charge is 1.99. The molecule has 17 heavy (non-hydrogen) atoms. The summed E-state index contributed by atoms with van der Waals surface area (Å²) in [6.45, 7) is 8.55. The maximum Gasteiger partial charge on any atom is 0.160 e. The molecule has 0 radical (unpaired) electrons. The van der Waals surface area contributed by atoms with Crippen LogP contribution in [0.3, 0.4) is 0 Å². The van der Waals surface area contributed by atoms with Gasteiger partial charge in [0, 0.05) is 6.54 Å². The summed E-state index contributed by atoms with van der Waals surface area (Å²) in [7, 11) is 0. The fourth-order valence-electron chi connectivity index (χ4n) is 1.58. The first-order valence-corrected chi connectivity index (χ1v) is 6.05. The quantitative estimate of drug-likeness (QED) is 0.355. The fourth-order valence-corrected chi connectivity index (χ4v) is 1.58. The molecular formula is C11H22N6. The zero-order chi connectivity index (χ0) is 12.5. The number of hydrogen-bond donors (Lipinski definition) is 3. The van der Waals surface area contributed by atoms with Gasteiger partial charge in [-0.25, -0.2) is 10.8 Å². The summed E-state index contributed by atoms with van der Waals surface area (Å²) >= 11 is 0. The average molecular weight is 238 g/mol. The van der Waals surface area contributed by atoms with Crippen molar-refractivity contribution in [2.45, 2.75) is 20.3 Å². The van der Waals surface area contributed by atoms with Crippen molar-refractivity contribution < 1.29 is 0 Å². The van der Waals surface area contributed by atoms with Crippen molar-refractivity contribution in [2.24, 2.45) is 5.84 Å². The van der Waals surface area contributed by atoms with Gasteiger partial charge >= 0.3 is 0 Å². The molecule has 0 aliphatic heterocycles.